The molecule has 0 unspecified atom stereocenters. The van der Waals surface area contributed by atoms with Crippen LogP contribution >= 0.6 is 11.6 Å². The summed E-state index contributed by atoms with van der Waals surface area (Å²) >= 11 is 6.23. The van der Waals surface area contributed by atoms with Gasteiger partial charge in [-0.15, -0.1) is 0 Å². The molecule has 0 amide bonds. The van der Waals surface area contributed by atoms with Gasteiger partial charge in [-0.3, -0.25) is 20.0 Å². The second kappa shape index (κ2) is 10.6. The van der Waals surface area contributed by atoms with Crippen LogP contribution in [-0.4, -0.2) is 41.7 Å². The number of aromatic amines is 1. The van der Waals surface area contributed by atoms with Gasteiger partial charge < -0.3 is 14.2 Å². The van der Waals surface area contributed by atoms with Gasteiger partial charge in [0, 0.05) is 29.8 Å². The summed E-state index contributed by atoms with van der Waals surface area (Å²) in [6.45, 7) is 1.71. The van der Waals surface area contributed by atoms with Gasteiger partial charge >= 0.3 is 0 Å². The number of halogens is 1. The summed E-state index contributed by atoms with van der Waals surface area (Å²) < 4.78 is 17.3. The summed E-state index contributed by atoms with van der Waals surface area (Å²) in [4.78, 5) is 28.9. The fraction of sp³-hybridized carbons (Fsp3) is 0.154. The van der Waals surface area contributed by atoms with Gasteiger partial charge in [0.05, 0.1) is 53.9 Å². The van der Waals surface area contributed by atoms with E-state index in [0.29, 0.717) is 56.2 Å². The number of nitrogens with one attached hydrogen (secondary N) is 1. The number of nitro groups is 1. The minimum Gasteiger partial charge on any atom is -0.497 e. The number of aliphatic imine (C=N–C) groups is 1. The number of ether oxygens (including phenoxy) is 3. The van der Waals surface area contributed by atoms with Gasteiger partial charge in [-0.2, -0.15) is 0 Å². The zero-order valence-electron chi connectivity index (χ0n) is 20.4. The molecule has 4 aromatic rings. The Morgan fingerprint density at radius 3 is 2.19 bits per heavy atom. The summed E-state index contributed by atoms with van der Waals surface area (Å²) in [5.74, 6) is 1.47. The number of benzene rings is 3. The quantitative estimate of drug-likeness (QED) is 0.184. The van der Waals surface area contributed by atoms with E-state index in [-0.39, 0.29) is 11.2 Å². The van der Waals surface area contributed by atoms with E-state index in [1.54, 1.807) is 38.3 Å². The molecule has 1 aromatic heterocycles. The number of nitro benzene ring substituents is 1. The summed E-state index contributed by atoms with van der Waals surface area (Å²) in [5.41, 5.74) is 2.30. The fourth-order valence-electron chi connectivity index (χ4n) is 3.81. The van der Waals surface area contributed by atoms with E-state index in [0.717, 1.165) is 0 Å². The van der Waals surface area contributed by atoms with E-state index < -0.39 is 4.92 Å². The summed E-state index contributed by atoms with van der Waals surface area (Å²) in [6, 6.07) is 16.1. The molecule has 0 saturated carbocycles. The van der Waals surface area contributed by atoms with Gasteiger partial charge in [-0.1, -0.05) is 11.6 Å². The fourth-order valence-corrected chi connectivity index (χ4v) is 4.04. The number of rotatable bonds is 8. The lowest BCUT2D eigenvalue weighted by Gasteiger charge is -2.10. The molecule has 0 aliphatic heterocycles. The van der Waals surface area contributed by atoms with Crippen LogP contribution in [0.25, 0.3) is 16.9 Å². The van der Waals surface area contributed by atoms with Gasteiger partial charge in [0.2, 0.25) is 0 Å². The minimum absolute atomic E-state index is 0.0829. The molecule has 0 aliphatic rings. The maximum atomic E-state index is 13.7. The van der Waals surface area contributed by atoms with Crippen molar-refractivity contribution in [3.05, 3.63) is 91.7 Å². The lowest BCUT2D eigenvalue weighted by atomic mass is 10.0. The first-order chi connectivity index (χ1) is 17.8. The third kappa shape index (κ3) is 5.05. The Morgan fingerprint density at radius 1 is 0.973 bits per heavy atom. The Hall–Kier alpha value is -4.57. The molecular weight excluding hydrogens is 500 g/mol. The second-order valence-electron chi connectivity index (χ2n) is 7.86. The monoisotopic (exact) mass is 522 g/mol. The lowest BCUT2D eigenvalue weighted by molar-refractivity contribution is -0.384. The Kier molecular flexibility index (Phi) is 7.30. The maximum absolute atomic E-state index is 13.7. The largest absolute Gasteiger partial charge is 0.497 e. The first-order valence-electron chi connectivity index (χ1n) is 11.0. The van der Waals surface area contributed by atoms with Crippen LogP contribution in [0.3, 0.4) is 0 Å². The first kappa shape index (κ1) is 25.5. The molecule has 0 bridgehead atoms. The third-order valence-electron chi connectivity index (χ3n) is 5.69. The van der Waals surface area contributed by atoms with Crippen molar-refractivity contribution in [2.24, 2.45) is 4.99 Å². The van der Waals surface area contributed by atoms with Gasteiger partial charge in [-0.25, -0.2) is 9.67 Å². The summed E-state index contributed by atoms with van der Waals surface area (Å²) in [7, 11) is 4.55. The number of hydrogen-bond acceptors (Lipinski definition) is 7. The number of nitrogens with zero attached hydrogens (tertiary/aromatic N) is 3. The zero-order valence-corrected chi connectivity index (χ0v) is 21.2. The van der Waals surface area contributed by atoms with Crippen molar-refractivity contribution in [2.45, 2.75) is 6.92 Å². The van der Waals surface area contributed by atoms with Crippen molar-refractivity contribution < 1.29 is 19.1 Å². The standard InChI is InChI=1S/C26H23ClN4O6/c1-15(28-21-14-22(36-3)20(27)13-23(21)37-4)24-25(16-5-11-19(35-2)12-6-16)29-30(26(24)32)17-7-9-18(10-8-17)31(33)34/h5-14,29H,1-4H3. The van der Waals surface area contributed by atoms with E-state index in [4.69, 9.17) is 25.8 Å². The van der Waals surface area contributed by atoms with Crippen LogP contribution < -0.4 is 19.8 Å². The molecule has 1 N–H and O–H groups in total. The van der Waals surface area contributed by atoms with Crippen molar-refractivity contribution in [1.29, 1.82) is 0 Å². The van der Waals surface area contributed by atoms with Gasteiger partial charge in [0.25, 0.3) is 11.2 Å². The minimum atomic E-state index is -0.500. The summed E-state index contributed by atoms with van der Waals surface area (Å²) in [5, 5.41) is 14.6. The first-order valence-corrected chi connectivity index (χ1v) is 11.4. The highest BCUT2D eigenvalue weighted by molar-refractivity contribution is 6.32. The molecule has 0 spiro atoms. The highest BCUT2D eigenvalue weighted by atomic mass is 35.5. The van der Waals surface area contributed by atoms with Crippen LogP contribution in [0, 0.1) is 10.1 Å². The SMILES string of the molecule is COc1ccc(-c2[nH]n(-c3ccc([N+](=O)[O-])cc3)c(=O)c2C(C)=Nc2cc(OC)c(Cl)cc2OC)cc1. The highest BCUT2D eigenvalue weighted by Crippen LogP contribution is 2.38. The Labute approximate surface area is 216 Å². The Bertz CT molecular complexity index is 1540. The van der Waals surface area contributed by atoms with Crippen LogP contribution in [0.15, 0.2) is 70.5 Å². The number of aromatic nitrogens is 2. The smallest absolute Gasteiger partial charge is 0.280 e. The number of H-pyrrole nitrogens is 1. The predicted molar refractivity (Wildman–Crippen MR) is 141 cm³/mol. The van der Waals surface area contributed by atoms with E-state index in [1.807, 2.05) is 12.1 Å². The van der Waals surface area contributed by atoms with Crippen LogP contribution in [0.2, 0.25) is 5.02 Å². The molecule has 3 aromatic carbocycles. The van der Waals surface area contributed by atoms with Crippen molar-refractivity contribution in [1.82, 2.24) is 9.78 Å². The van der Waals surface area contributed by atoms with Crippen LogP contribution in [-0.2, 0) is 0 Å². The maximum Gasteiger partial charge on any atom is 0.280 e. The van der Waals surface area contributed by atoms with Crippen molar-refractivity contribution in [2.75, 3.05) is 21.3 Å². The van der Waals surface area contributed by atoms with Crippen LogP contribution in [0.4, 0.5) is 11.4 Å². The van der Waals surface area contributed by atoms with E-state index in [9.17, 15) is 14.9 Å². The molecule has 0 radical (unpaired) electrons. The Morgan fingerprint density at radius 2 is 1.62 bits per heavy atom. The van der Waals surface area contributed by atoms with Crippen LogP contribution in [0.1, 0.15) is 12.5 Å². The number of hydrogen-bond donors (Lipinski definition) is 1. The molecule has 0 atom stereocenters. The molecule has 1 heterocycles. The van der Waals surface area contributed by atoms with Crippen LogP contribution in [0.5, 0.6) is 17.2 Å². The predicted octanol–water partition coefficient (Wildman–Crippen LogP) is 5.56. The summed E-state index contributed by atoms with van der Waals surface area (Å²) in [6.07, 6.45) is 0. The van der Waals surface area contributed by atoms with Gasteiger partial charge in [0.1, 0.15) is 22.9 Å². The zero-order chi connectivity index (χ0) is 26.7. The molecule has 0 fully saturated rings. The normalized spacial score (nSPS) is 11.3. The van der Waals surface area contributed by atoms with Crippen molar-refractivity contribution in [3.63, 3.8) is 0 Å². The molecule has 37 heavy (non-hydrogen) atoms. The molecular formula is C26H23ClN4O6. The average molecular weight is 523 g/mol. The number of methoxy groups -OCH3 is 3. The highest BCUT2D eigenvalue weighted by Gasteiger charge is 2.21. The lowest BCUT2D eigenvalue weighted by Crippen LogP contribution is -2.19. The molecule has 0 saturated heterocycles. The topological polar surface area (TPSA) is 121 Å². The number of non-ortho nitro benzene ring substituents is 1. The van der Waals surface area contributed by atoms with E-state index >= 15 is 0 Å². The molecule has 190 valence electrons. The molecule has 11 heteroatoms. The van der Waals surface area contributed by atoms with Crippen molar-refractivity contribution >= 4 is 28.7 Å². The van der Waals surface area contributed by atoms with E-state index in [1.165, 1.54) is 43.2 Å². The van der Waals surface area contributed by atoms with Crippen molar-refractivity contribution in [3.8, 4) is 34.2 Å². The third-order valence-corrected chi connectivity index (χ3v) is 5.99. The Balaban J connectivity index is 1.92. The molecule has 0 aliphatic carbocycles. The second-order valence-corrected chi connectivity index (χ2v) is 8.27. The van der Waals surface area contributed by atoms with Gasteiger partial charge in [0.15, 0.2) is 0 Å². The molecule has 10 nitrogen and oxygen atoms in total. The molecule has 4 rings (SSSR count). The van der Waals surface area contributed by atoms with Gasteiger partial charge in [-0.05, 0) is 43.3 Å². The van der Waals surface area contributed by atoms with E-state index in [2.05, 4.69) is 10.1 Å². The average Bonchev–Trinajstić information content (AvgIpc) is 3.26.